The minimum atomic E-state index is -1.29. The molecular weight excluding hydrogens is 419 g/mol. The van der Waals surface area contributed by atoms with Gasteiger partial charge in [-0.3, -0.25) is 4.79 Å². The molecule has 1 unspecified atom stereocenters. The number of nitrogens with one attached hydrogen (secondary N) is 2. The standard InChI is InChI=1S/C20H15FN8O3/c1-9-26-27-19(32-9)20-14-16(24-18(20)30)22-15(23-17(14)25-20)12-7-13(31-2)29(28-12)8-10-5-3-4-6-11(10)21/h3-7H,8H2,1-2H3,(H2,22,23,24,25,30). The average molecular weight is 434 g/mol. The van der Waals surface area contributed by atoms with E-state index in [1.165, 1.54) is 17.9 Å². The Bertz CT molecular complexity index is 1410. The van der Waals surface area contributed by atoms with Crippen LogP contribution in [-0.4, -0.2) is 43.0 Å². The molecule has 2 aliphatic heterocycles. The highest BCUT2D eigenvalue weighted by molar-refractivity contribution is 6.14. The first-order chi connectivity index (χ1) is 15.5. The lowest BCUT2D eigenvalue weighted by atomic mass is 9.85. The smallest absolute Gasteiger partial charge is 0.266 e. The summed E-state index contributed by atoms with van der Waals surface area (Å²) < 4.78 is 26.5. The fourth-order valence-electron chi connectivity index (χ4n) is 3.94. The first-order valence-corrected chi connectivity index (χ1v) is 9.68. The van der Waals surface area contributed by atoms with Crippen LogP contribution in [0.2, 0.25) is 0 Å². The summed E-state index contributed by atoms with van der Waals surface area (Å²) in [5.74, 6) is 1.25. The molecule has 0 spiro atoms. The molecule has 160 valence electrons. The minimum Gasteiger partial charge on any atom is -0.481 e. The Morgan fingerprint density at radius 3 is 2.78 bits per heavy atom. The summed E-state index contributed by atoms with van der Waals surface area (Å²) in [5, 5.41) is 18.1. The molecule has 0 saturated carbocycles. The Labute approximate surface area is 179 Å². The number of halogens is 1. The summed E-state index contributed by atoms with van der Waals surface area (Å²) >= 11 is 0. The van der Waals surface area contributed by atoms with Crippen molar-refractivity contribution in [1.29, 1.82) is 0 Å². The average Bonchev–Trinajstić information content (AvgIpc) is 3.43. The molecule has 0 radical (unpaired) electrons. The van der Waals surface area contributed by atoms with Crippen LogP contribution in [0.5, 0.6) is 5.88 Å². The summed E-state index contributed by atoms with van der Waals surface area (Å²) in [6.45, 7) is 1.81. The van der Waals surface area contributed by atoms with Crippen LogP contribution in [0, 0.1) is 12.7 Å². The number of benzene rings is 1. The van der Waals surface area contributed by atoms with E-state index in [0.29, 0.717) is 40.2 Å². The summed E-state index contributed by atoms with van der Waals surface area (Å²) in [4.78, 5) is 21.7. The van der Waals surface area contributed by atoms with Crippen molar-refractivity contribution in [2.45, 2.75) is 19.0 Å². The maximum absolute atomic E-state index is 14.1. The van der Waals surface area contributed by atoms with Crippen LogP contribution in [0.25, 0.3) is 11.5 Å². The van der Waals surface area contributed by atoms with Gasteiger partial charge >= 0.3 is 0 Å². The number of carbonyl (C=O) groups excluding carboxylic acids is 1. The van der Waals surface area contributed by atoms with E-state index in [-0.39, 0.29) is 30.0 Å². The molecule has 5 heterocycles. The van der Waals surface area contributed by atoms with Gasteiger partial charge < -0.3 is 19.8 Å². The van der Waals surface area contributed by atoms with Crippen LogP contribution in [0.3, 0.4) is 0 Å². The van der Waals surface area contributed by atoms with Crippen LogP contribution in [0.15, 0.2) is 34.7 Å². The van der Waals surface area contributed by atoms with Crippen molar-refractivity contribution in [3.63, 3.8) is 0 Å². The highest BCUT2D eigenvalue weighted by Gasteiger charge is 2.62. The molecule has 1 amide bonds. The molecular formula is C20H15FN8O3. The van der Waals surface area contributed by atoms with Crippen molar-refractivity contribution in [2.24, 2.45) is 0 Å². The molecule has 0 fully saturated rings. The van der Waals surface area contributed by atoms with Gasteiger partial charge in [-0.25, -0.2) is 19.0 Å². The third-order valence-corrected chi connectivity index (χ3v) is 5.47. The van der Waals surface area contributed by atoms with Crippen molar-refractivity contribution < 1.29 is 18.3 Å². The number of aromatic nitrogens is 6. The number of rotatable bonds is 5. The number of carbonyl (C=O) groups is 1. The van der Waals surface area contributed by atoms with Gasteiger partial charge in [-0.1, -0.05) is 18.2 Å². The van der Waals surface area contributed by atoms with E-state index in [2.05, 4.69) is 35.9 Å². The van der Waals surface area contributed by atoms with Crippen LogP contribution in [-0.2, 0) is 16.9 Å². The van der Waals surface area contributed by atoms with Crippen molar-refractivity contribution >= 4 is 17.5 Å². The molecule has 0 saturated heterocycles. The summed E-state index contributed by atoms with van der Waals surface area (Å²) in [7, 11) is 1.50. The van der Waals surface area contributed by atoms with Crippen molar-refractivity contribution in [1.82, 2.24) is 29.9 Å². The Morgan fingerprint density at radius 2 is 2.03 bits per heavy atom. The van der Waals surface area contributed by atoms with Gasteiger partial charge in [0.1, 0.15) is 23.1 Å². The third-order valence-electron chi connectivity index (χ3n) is 5.47. The highest BCUT2D eigenvalue weighted by Crippen LogP contribution is 2.52. The summed E-state index contributed by atoms with van der Waals surface area (Å²) in [6, 6.07) is 8.10. The normalized spacial score (nSPS) is 18.0. The van der Waals surface area contributed by atoms with Gasteiger partial charge in [0.2, 0.25) is 17.3 Å². The second-order valence-electron chi connectivity index (χ2n) is 7.40. The number of anilines is 2. The predicted molar refractivity (Wildman–Crippen MR) is 107 cm³/mol. The molecule has 0 aliphatic carbocycles. The molecule has 2 aliphatic rings. The van der Waals surface area contributed by atoms with E-state index in [9.17, 15) is 9.18 Å². The van der Waals surface area contributed by atoms with Gasteiger partial charge in [0.15, 0.2) is 5.82 Å². The van der Waals surface area contributed by atoms with E-state index >= 15 is 0 Å². The number of amides is 1. The lowest BCUT2D eigenvalue weighted by Gasteiger charge is -2.35. The van der Waals surface area contributed by atoms with Crippen molar-refractivity contribution in [3.05, 3.63) is 59.1 Å². The Hall–Kier alpha value is -4.35. The van der Waals surface area contributed by atoms with E-state index in [1.54, 1.807) is 31.2 Å². The fourth-order valence-corrected chi connectivity index (χ4v) is 3.94. The van der Waals surface area contributed by atoms with E-state index in [4.69, 9.17) is 9.15 Å². The quantitative estimate of drug-likeness (QED) is 0.483. The Balaban J connectivity index is 1.39. The van der Waals surface area contributed by atoms with Crippen LogP contribution in [0.4, 0.5) is 16.0 Å². The van der Waals surface area contributed by atoms with Gasteiger partial charge in [-0.05, 0) is 6.07 Å². The number of nitrogens with zero attached hydrogens (tertiary/aromatic N) is 6. The first-order valence-electron chi connectivity index (χ1n) is 9.68. The summed E-state index contributed by atoms with van der Waals surface area (Å²) in [5.41, 5.74) is 0.136. The molecule has 2 N–H and O–H groups in total. The highest BCUT2D eigenvalue weighted by atomic mass is 19.1. The number of hydrogen-bond acceptors (Lipinski definition) is 9. The van der Waals surface area contributed by atoms with Gasteiger partial charge in [-0.15, -0.1) is 10.2 Å². The number of hydrogen-bond donors (Lipinski definition) is 2. The Kier molecular flexibility index (Phi) is 3.64. The van der Waals surface area contributed by atoms with Gasteiger partial charge in [-0.2, -0.15) is 5.10 Å². The molecule has 1 aromatic carbocycles. The molecule has 0 bridgehead atoms. The zero-order chi connectivity index (χ0) is 22.0. The lowest BCUT2D eigenvalue weighted by molar-refractivity contribution is -0.119. The molecule has 1 atom stereocenters. The molecule has 4 aromatic rings. The fraction of sp³-hybridized carbons (Fsp3) is 0.200. The van der Waals surface area contributed by atoms with E-state index in [1.807, 2.05) is 0 Å². The number of aryl methyl sites for hydroxylation is 1. The van der Waals surface area contributed by atoms with Crippen LogP contribution >= 0.6 is 0 Å². The lowest BCUT2D eigenvalue weighted by Crippen LogP contribution is -2.50. The maximum Gasteiger partial charge on any atom is 0.266 e. The maximum atomic E-state index is 14.1. The molecule has 12 heteroatoms. The topological polar surface area (TPSA) is 133 Å². The molecule has 11 nitrogen and oxygen atoms in total. The second kappa shape index (κ2) is 6.33. The summed E-state index contributed by atoms with van der Waals surface area (Å²) in [6.07, 6.45) is 0. The van der Waals surface area contributed by atoms with Crippen molar-refractivity contribution in [3.8, 4) is 17.4 Å². The van der Waals surface area contributed by atoms with E-state index < -0.39 is 5.54 Å². The van der Waals surface area contributed by atoms with Crippen molar-refractivity contribution in [2.75, 3.05) is 17.7 Å². The van der Waals surface area contributed by atoms with Gasteiger partial charge in [0.25, 0.3) is 11.8 Å². The largest absolute Gasteiger partial charge is 0.481 e. The number of ether oxygens (including phenoxy) is 1. The van der Waals surface area contributed by atoms with E-state index in [0.717, 1.165) is 0 Å². The first kappa shape index (κ1) is 18.4. The monoisotopic (exact) mass is 434 g/mol. The zero-order valence-corrected chi connectivity index (χ0v) is 16.9. The second-order valence-corrected chi connectivity index (χ2v) is 7.40. The molecule has 32 heavy (non-hydrogen) atoms. The zero-order valence-electron chi connectivity index (χ0n) is 16.9. The molecule has 3 aromatic heterocycles. The number of methoxy groups -OCH3 is 1. The predicted octanol–water partition coefficient (Wildman–Crippen LogP) is 1.85. The van der Waals surface area contributed by atoms with Crippen LogP contribution < -0.4 is 15.4 Å². The third kappa shape index (κ3) is 2.40. The van der Waals surface area contributed by atoms with Gasteiger partial charge in [0, 0.05) is 18.6 Å². The van der Waals surface area contributed by atoms with Gasteiger partial charge in [0.05, 0.1) is 19.2 Å². The minimum absolute atomic E-state index is 0.130. The molecule has 6 rings (SSSR count). The Morgan fingerprint density at radius 1 is 1.22 bits per heavy atom. The SMILES string of the molecule is COc1cc(-c2nc3c4c(n2)NC4(c2nnc(C)o2)C(=O)N3)nn1Cc1ccccc1F. The van der Waals surface area contributed by atoms with Crippen LogP contribution in [0.1, 0.15) is 22.9 Å².